The van der Waals surface area contributed by atoms with Crippen molar-refractivity contribution < 1.29 is 0 Å². The Bertz CT molecular complexity index is 564. The Morgan fingerprint density at radius 3 is 2.45 bits per heavy atom. The Morgan fingerprint density at radius 1 is 1.05 bits per heavy atom. The molecule has 0 aromatic heterocycles. The lowest BCUT2D eigenvalue weighted by Crippen LogP contribution is -2.36. The van der Waals surface area contributed by atoms with Crippen molar-refractivity contribution in [2.45, 2.75) is 13.3 Å². The molecule has 4 N–H and O–H groups in total. The van der Waals surface area contributed by atoms with E-state index in [0.29, 0.717) is 12.5 Å². The Morgan fingerprint density at radius 2 is 1.75 bits per heavy atom. The maximum Gasteiger partial charge on any atom is 0.210 e. The van der Waals surface area contributed by atoms with E-state index >= 15 is 0 Å². The van der Waals surface area contributed by atoms with Gasteiger partial charge in [-0.1, -0.05) is 48.5 Å². The molecule has 0 aliphatic heterocycles. The number of aliphatic imine (C=N–C) groups is 1. The lowest BCUT2D eigenvalue weighted by atomic mass is 10.0. The summed E-state index contributed by atoms with van der Waals surface area (Å²) in [6.07, 6.45) is 0.869. The Labute approximate surface area is 119 Å². The molecule has 0 saturated heterocycles. The molecule has 0 heterocycles. The van der Waals surface area contributed by atoms with Crippen LogP contribution in [-0.2, 0) is 6.42 Å². The first-order valence-corrected chi connectivity index (χ1v) is 6.73. The number of nitrogens with zero attached hydrogens (tertiary/aromatic N) is 1. The first-order chi connectivity index (χ1) is 9.83. The normalized spacial score (nSPS) is 11.2. The quantitative estimate of drug-likeness (QED) is 0.345. The first kappa shape index (κ1) is 14.1. The van der Waals surface area contributed by atoms with Gasteiger partial charge in [0.1, 0.15) is 0 Å². The molecule has 104 valence electrons. The van der Waals surface area contributed by atoms with Crippen LogP contribution in [0.2, 0.25) is 0 Å². The van der Waals surface area contributed by atoms with Crippen LogP contribution in [0.15, 0.2) is 59.6 Å². The van der Waals surface area contributed by atoms with Gasteiger partial charge in [-0.15, -0.1) is 0 Å². The summed E-state index contributed by atoms with van der Waals surface area (Å²) < 4.78 is 0. The van der Waals surface area contributed by atoms with Gasteiger partial charge in [0, 0.05) is 12.2 Å². The van der Waals surface area contributed by atoms with Gasteiger partial charge in [0.2, 0.25) is 5.96 Å². The third-order valence-corrected chi connectivity index (χ3v) is 2.96. The molecule has 2 aromatic rings. The number of hydrogen-bond acceptors (Lipinski definition) is 2. The van der Waals surface area contributed by atoms with E-state index in [1.165, 1.54) is 11.1 Å². The smallest absolute Gasteiger partial charge is 0.210 e. The van der Waals surface area contributed by atoms with E-state index in [0.717, 1.165) is 12.1 Å². The van der Waals surface area contributed by atoms with Gasteiger partial charge < -0.3 is 5.32 Å². The molecule has 0 unspecified atom stereocenters. The highest BCUT2D eigenvalue weighted by atomic mass is 15.3. The van der Waals surface area contributed by atoms with Gasteiger partial charge in [-0.3, -0.25) is 10.4 Å². The van der Waals surface area contributed by atoms with E-state index in [4.69, 9.17) is 5.84 Å². The molecule has 0 radical (unpaired) electrons. The number of nitrogens with two attached hydrogens (primary N) is 1. The Balaban J connectivity index is 2.20. The van der Waals surface area contributed by atoms with Crippen LogP contribution in [0.3, 0.4) is 0 Å². The highest BCUT2D eigenvalue weighted by Crippen LogP contribution is 2.18. The summed E-state index contributed by atoms with van der Waals surface area (Å²) in [6.45, 7) is 2.64. The van der Waals surface area contributed by atoms with Crippen LogP contribution in [-0.4, -0.2) is 12.5 Å². The van der Waals surface area contributed by atoms with Crippen molar-refractivity contribution in [1.82, 2.24) is 5.43 Å². The van der Waals surface area contributed by atoms with Crippen molar-refractivity contribution >= 4 is 11.6 Å². The summed E-state index contributed by atoms with van der Waals surface area (Å²) in [5, 5.41) is 3.23. The third-order valence-electron chi connectivity index (χ3n) is 2.96. The van der Waals surface area contributed by atoms with Crippen LogP contribution in [0.1, 0.15) is 18.1 Å². The molecule has 0 saturated carbocycles. The number of nitrogens with one attached hydrogen (secondary N) is 2. The maximum absolute atomic E-state index is 5.47. The summed E-state index contributed by atoms with van der Waals surface area (Å²) in [5.74, 6) is 6.04. The molecule has 4 nitrogen and oxygen atoms in total. The van der Waals surface area contributed by atoms with Crippen LogP contribution in [0.5, 0.6) is 0 Å². The van der Waals surface area contributed by atoms with Gasteiger partial charge in [-0.2, -0.15) is 0 Å². The van der Waals surface area contributed by atoms with Crippen molar-refractivity contribution in [1.29, 1.82) is 0 Å². The average Bonchev–Trinajstić information content (AvgIpc) is 2.49. The summed E-state index contributed by atoms with van der Waals surface area (Å²) in [5.41, 5.74) is 6.08. The zero-order valence-electron chi connectivity index (χ0n) is 11.6. The number of benzene rings is 2. The van der Waals surface area contributed by atoms with Crippen LogP contribution >= 0.6 is 0 Å². The third kappa shape index (κ3) is 3.83. The second-order valence-electron chi connectivity index (χ2n) is 4.41. The molecule has 2 rings (SSSR count). The maximum atomic E-state index is 5.47. The second kappa shape index (κ2) is 7.31. The van der Waals surface area contributed by atoms with E-state index in [9.17, 15) is 0 Å². The standard InChI is InChI=1S/C16H20N4/c1-2-18-16(20-17)19-15-11-7-6-10-14(15)12-13-8-4-3-5-9-13/h3-11H,2,12,17H2,1H3,(H2,18,19,20). The molecule has 4 heteroatoms. The van der Waals surface area contributed by atoms with E-state index < -0.39 is 0 Å². The molecule has 0 bridgehead atoms. The van der Waals surface area contributed by atoms with Crippen LogP contribution < -0.4 is 16.6 Å². The first-order valence-electron chi connectivity index (χ1n) is 6.73. The molecule has 0 fully saturated rings. The van der Waals surface area contributed by atoms with Crippen molar-refractivity contribution in [3.8, 4) is 0 Å². The van der Waals surface area contributed by atoms with Crippen molar-refractivity contribution in [2.75, 3.05) is 11.9 Å². The summed E-state index contributed by atoms with van der Waals surface area (Å²) in [7, 11) is 0. The fourth-order valence-corrected chi connectivity index (χ4v) is 2.02. The number of rotatable bonds is 4. The van der Waals surface area contributed by atoms with Crippen LogP contribution in [0, 0.1) is 0 Å². The zero-order valence-corrected chi connectivity index (χ0v) is 11.6. The fourth-order valence-electron chi connectivity index (χ4n) is 2.02. The number of hydrogen-bond donors (Lipinski definition) is 3. The molecule has 0 spiro atoms. The number of anilines is 1. The number of para-hydroxylation sites is 1. The minimum Gasteiger partial charge on any atom is -0.325 e. The Kier molecular flexibility index (Phi) is 5.15. The highest BCUT2D eigenvalue weighted by Gasteiger charge is 2.04. The van der Waals surface area contributed by atoms with Gasteiger partial charge >= 0.3 is 0 Å². The van der Waals surface area contributed by atoms with Gasteiger partial charge in [-0.25, -0.2) is 5.84 Å². The summed E-state index contributed by atoms with van der Waals surface area (Å²) in [6, 6.07) is 18.5. The van der Waals surface area contributed by atoms with Crippen molar-refractivity contribution in [2.24, 2.45) is 10.8 Å². The average molecular weight is 268 g/mol. The predicted molar refractivity (Wildman–Crippen MR) is 84.6 cm³/mol. The van der Waals surface area contributed by atoms with E-state index in [1.54, 1.807) is 0 Å². The van der Waals surface area contributed by atoms with Crippen LogP contribution in [0.4, 0.5) is 5.69 Å². The minimum atomic E-state index is 0.577. The number of hydrazine groups is 1. The number of guanidine groups is 1. The zero-order chi connectivity index (χ0) is 14.2. The molecule has 2 aromatic carbocycles. The highest BCUT2D eigenvalue weighted by molar-refractivity contribution is 5.93. The van der Waals surface area contributed by atoms with E-state index in [-0.39, 0.29) is 0 Å². The monoisotopic (exact) mass is 268 g/mol. The molecular weight excluding hydrogens is 248 g/mol. The molecule has 20 heavy (non-hydrogen) atoms. The molecule has 0 atom stereocenters. The SMILES string of the molecule is CCN=C(NN)Nc1ccccc1Cc1ccccc1. The fraction of sp³-hybridized carbons (Fsp3) is 0.188. The Hall–Kier alpha value is -2.33. The topological polar surface area (TPSA) is 62.4 Å². The van der Waals surface area contributed by atoms with E-state index in [1.807, 2.05) is 31.2 Å². The van der Waals surface area contributed by atoms with Gasteiger partial charge in [0.15, 0.2) is 0 Å². The summed E-state index contributed by atoms with van der Waals surface area (Å²) >= 11 is 0. The predicted octanol–water partition coefficient (Wildman–Crippen LogP) is 2.53. The van der Waals surface area contributed by atoms with E-state index in [2.05, 4.69) is 46.1 Å². The molecule has 0 aliphatic carbocycles. The van der Waals surface area contributed by atoms with Crippen molar-refractivity contribution in [3.05, 3.63) is 65.7 Å². The lowest BCUT2D eigenvalue weighted by Gasteiger charge is -2.13. The largest absolute Gasteiger partial charge is 0.325 e. The molecule has 0 aliphatic rings. The van der Waals surface area contributed by atoms with Gasteiger partial charge in [-0.05, 0) is 30.5 Å². The summed E-state index contributed by atoms with van der Waals surface area (Å²) in [4.78, 5) is 4.26. The second-order valence-corrected chi connectivity index (χ2v) is 4.41. The van der Waals surface area contributed by atoms with Crippen molar-refractivity contribution in [3.63, 3.8) is 0 Å². The molecular formula is C16H20N4. The lowest BCUT2D eigenvalue weighted by molar-refractivity contribution is 0.985. The molecule has 0 amide bonds. The van der Waals surface area contributed by atoms with Gasteiger partial charge in [0.25, 0.3) is 0 Å². The van der Waals surface area contributed by atoms with Crippen LogP contribution in [0.25, 0.3) is 0 Å². The minimum absolute atomic E-state index is 0.577. The van der Waals surface area contributed by atoms with Gasteiger partial charge in [0.05, 0.1) is 0 Å².